The Morgan fingerprint density at radius 3 is 2.46 bits per heavy atom. The summed E-state index contributed by atoms with van der Waals surface area (Å²) in [5.74, 6) is 1.99. The summed E-state index contributed by atoms with van der Waals surface area (Å²) in [7, 11) is 3.19. The van der Waals surface area contributed by atoms with Crippen molar-refractivity contribution in [3.05, 3.63) is 35.9 Å². The molecule has 6 nitrogen and oxygen atoms in total. The number of aromatic nitrogens is 2. The maximum absolute atomic E-state index is 9.47. The van der Waals surface area contributed by atoms with Crippen LogP contribution in [0.3, 0.4) is 0 Å². The van der Waals surface area contributed by atoms with Crippen molar-refractivity contribution in [1.29, 1.82) is 0 Å². The molecule has 0 aliphatic rings. The summed E-state index contributed by atoms with van der Waals surface area (Å²) in [5.41, 5.74) is 10.3. The van der Waals surface area contributed by atoms with Crippen LogP contribution in [-0.4, -0.2) is 35.5 Å². The molecule has 1 heterocycles. The number of imidazole rings is 1. The predicted octanol–water partition coefficient (Wildman–Crippen LogP) is 2.60. The first-order chi connectivity index (χ1) is 11.6. The minimum absolute atomic E-state index is 0.00808. The third kappa shape index (κ3) is 2.65. The van der Waals surface area contributed by atoms with Gasteiger partial charge in [-0.15, -0.1) is 0 Å². The van der Waals surface area contributed by atoms with E-state index in [1.165, 1.54) is 0 Å². The van der Waals surface area contributed by atoms with Crippen LogP contribution in [0.15, 0.2) is 30.3 Å². The number of rotatable bonds is 5. The molecule has 0 saturated heterocycles. The Morgan fingerprint density at radius 2 is 1.83 bits per heavy atom. The van der Waals surface area contributed by atoms with Crippen molar-refractivity contribution in [2.45, 2.75) is 13.5 Å². The summed E-state index contributed by atoms with van der Waals surface area (Å²) in [5, 5.41) is 9.47. The molecule has 1 aromatic heterocycles. The van der Waals surface area contributed by atoms with E-state index in [1.807, 2.05) is 41.8 Å². The van der Waals surface area contributed by atoms with Gasteiger partial charge in [0.25, 0.3) is 0 Å². The van der Waals surface area contributed by atoms with Gasteiger partial charge in [-0.25, -0.2) is 4.98 Å². The summed E-state index contributed by atoms with van der Waals surface area (Å²) < 4.78 is 12.7. The summed E-state index contributed by atoms with van der Waals surface area (Å²) >= 11 is 0. The Morgan fingerprint density at radius 1 is 1.12 bits per heavy atom. The van der Waals surface area contributed by atoms with Crippen molar-refractivity contribution in [2.24, 2.45) is 0 Å². The molecule has 0 bridgehead atoms. The minimum atomic E-state index is 0.00808. The molecule has 0 aliphatic heterocycles. The number of benzene rings is 2. The van der Waals surface area contributed by atoms with Crippen LogP contribution in [0.2, 0.25) is 0 Å². The first-order valence-corrected chi connectivity index (χ1v) is 7.68. The van der Waals surface area contributed by atoms with Crippen LogP contribution in [0.5, 0.6) is 11.5 Å². The molecule has 0 fully saturated rings. The van der Waals surface area contributed by atoms with E-state index in [0.717, 1.165) is 28.0 Å². The van der Waals surface area contributed by atoms with E-state index >= 15 is 0 Å². The second kappa shape index (κ2) is 6.41. The SMILES string of the molecule is COc1cc2nc(-c3ccc(C)c(N)c3)n(CCO)c2cc1OC. The molecular formula is C18H21N3O3. The van der Waals surface area contributed by atoms with Gasteiger partial charge in [-0.1, -0.05) is 12.1 Å². The van der Waals surface area contributed by atoms with Gasteiger partial charge in [-0.2, -0.15) is 0 Å². The van der Waals surface area contributed by atoms with Crippen LogP contribution in [-0.2, 0) is 6.54 Å². The first kappa shape index (κ1) is 16.1. The van der Waals surface area contributed by atoms with Crippen LogP contribution < -0.4 is 15.2 Å². The smallest absolute Gasteiger partial charge is 0.163 e. The molecule has 24 heavy (non-hydrogen) atoms. The summed E-state index contributed by atoms with van der Waals surface area (Å²) in [4.78, 5) is 4.72. The Labute approximate surface area is 140 Å². The normalized spacial score (nSPS) is 11.0. The lowest BCUT2D eigenvalue weighted by molar-refractivity contribution is 0.278. The Hall–Kier alpha value is -2.73. The number of fused-ring (bicyclic) bond motifs is 1. The van der Waals surface area contributed by atoms with E-state index in [0.29, 0.717) is 23.7 Å². The van der Waals surface area contributed by atoms with Crippen LogP contribution in [0, 0.1) is 6.92 Å². The molecule has 0 spiro atoms. The highest BCUT2D eigenvalue weighted by molar-refractivity contribution is 5.84. The standard InChI is InChI=1S/C18H21N3O3/c1-11-4-5-12(8-13(11)19)18-20-14-9-16(23-2)17(24-3)10-15(14)21(18)6-7-22/h4-5,8-10,22H,6-7,19H2,1-3H3. The zero-order chi connectivity index (χ0) is 17.3. The molecular weight excluding hydrogens is 306 g/mol. The first-order valence-electron chi connectivity index (χ1n) is 7.68. The third-order valence-corrected chi connectivity index (χ3v) is 4.11. The monoisotopic (exact) mass is 327 g/mol. The van der Waals surface area contributed by atoms with Gasteiger partial charge in [0.1, 0.15) is 5.82 Å². The Kier molecular flexibility index (Phi) is 4.31. The average Bonchev–Trinajstić information content (AvgIpc) is 2.94. The maximum atomic E-state index is 9.47. The number of hydrogen-bond donors (Lipinski definition) is 2. The molecule has 3 N–H and O–H groups in total. The van der Waals surface area contributed by atoms with Crippen LogP contribution in [0.4, 0.5) is 5.69 Å². The number of anilines is 1. The lowest BCUT2D eigenvalue weighted by Crippen LogP contribution is -2.04. The highest BCUT2D eigenvalue weighted by atomic mass is 16.5. The quantitative estimate of drug-likeness (QED) is 0.704. The van der Waals surface area contributed by atoms with E-state index in [9.17, 15) is 5.11 Å². The number of aliphatic hydroxyl groups excluding tert-OH is 1. The van der Waals surface area contributed by atoms with Gasteiger partial charge in [0.2, 0.25) is 0 Å². The highest BCUT2D eigenvalue weighted by Gasteiger charge is 2.16. The number of nitrogens with zero attached hydrogens (tertiary/aromatic N) is 2. The number of methoxy groups -OCH3 is 2. The van der Waals surface area contributed by atoms with Gasteiger partial charge in [-0.3, -0.25) is 0 Å². The fourth-order valence-electron chi connectivity index (χ4n) is 2.78. The number of aliphatic hydroxyl groups is 1. The summed E-state index contributed by atoms with van der Waals surface area (Å²) in [6.45, 7) is 2.40. The third-order valence-electron chi connectivity index (χ3n) is 4.11. The maximum Gasteiger partial charge on any atom is 0.163 e. The lowest BCUT2D eigenvalue weighted by atomic mass is 10.1. The molecule has 0 saturated carbocycles. The van der Waals surface area contributed by atoms with Gasteiger partial charge in [0, 0.05) is 29.9 Å². The fourth-order valence-corrected chi connectivity index (χ4v) is 2.78. The number of aryl methyl sites for hydroxylation is 1. The largest absolute Gasteiger partial charge is 0.493 e. The topological polar surface area (TPSA) is 82.5 Å². The van der Waals surface area contributed by atoms with Crippen molar-refractivity contribution in [3.8, 4) is 22.9 Å². The van der Waals surface area contributed by atoms with Gasteiger partial charge in [0.05, 0.1) is 31.9 Å². The van der Waals surface area contributed by atoms with Crippen molar-refractivity contribution >= 4 is 16.7 Å². The van der Waals surface area contributed by atoms with Gasteiger partial charge in [0.15, 0.2) is 11.5 Å². The summed E-state index contributed by atoms with van der Waals surface area (Å²) in [6, 6.07) is 9.56. The molecule has 0 amide bonds. The van der Waals surface area contributed by atoms with E-state index in [1.54, 1.807) is 14.2 Å². The molecule has 3 aromatic rings. The molecule has 0 unspecified atom stereocenters. The Bertz CT molecular complexity index is 887. The number of nitrogens with two attached hydrogens (primary N) is 1. The zero-order valence-electron chi connectivity index (χ0n) is 14.0. The minimum Gasteiger partial charge on any atom is -0.493 e. The van der Waals surface area contributed by atoms with Crippen LogP contribution in [0.1, 0.15) is 5.56 Å². The average molecular weight is 327 g/mol. The summed E-state index contributed by atoms with van der Waals surface area (Å²) in [6.07, 6.45) is 0. The number of nitrogen functional groups attached to an aromatic ring is 1. The second-order valence-electron chi connectivity index (χ2n) is 5.58. The van der Waals surface area contributed by atoms with Gasteiger partial charge in [-0.05, 0) is 18.6 Å². The Balaban J connectivity index is 2.26. The molecule has 0 atom stereocenters. The van der Waals surface area contributed by atoms with Crippen LogP contribution >= 0.6 is 0 Å². The van der Waals surface area contributed by atoms with Crippen molar-refractivity contribution in [1.82, 2.24) is 9.55 Å². The van der Waals surface area contributed by atoms with E-state index in [-0.39, 0.29) is 6.61 Å². The molecule has 2 aromatic carbocycles. The van der Waals surface area contributed by atoms with Crippen molar-refractivity contribution in [2.75, 3.05) is 26.6 Å². The molecule has 3 rings (SSSR count). The number of hydrogen-bond acceptors (Lipinski definition) is 5. The van der Waals surface area contributed by atoms with Crippen molar-refractivity contribution < 1.29 is 14.6 Å². The van der Waals surface area contributed by atoms with Crippen molar-refractivity contribution in [3.63, 3.8) is 0 Å². The van der Waals surface area contributed by atoms with E-state index < -0.39 is 0 Å². The predicted molar refractivity (Wildman–Crippen MR) is 94.5 cm³/mol. The van der Waals surface area contributed by atoms with Gasteiger partial charge < -0.3 is 24.9 Å². The molecule has 0 radical (unpaired) electrons. The number of ether oxygens (including phenoxy) is 2. The van der Waals surface area contributed by atoms with Crippen LogP contribution in [0.25, 0.3) is 22.4 Å². The molecule has 126 valence electrons. The lowest BCUT2D eigenvalue weighted by Gasteiger charge is -2.10. The van der Waals surface area contributed by atoms with E-state index in [2.05, 4.69) is 0 Å². The highest BCUT2D eigenvalue weighted by Crippen LogP contribution is 2.35. The second-order valence-corrected chi connectivity index (χ2v) is 5.58. The fraction of sp³-hybridized carbons (Fsp3) is 0.278. The molecule has 0 aliphatic carbocycles. The van der Waals surface area contributed by atoms with E-state index in [4.69, 9.17) is 20.2 Å². The van der Waals surface area contributed by atoms with Gasteiger partial charge >= 0.3 is 0 Å². The zero-order valence-corrected chi connectivity index (χ0v) is 14.0. The molecule has 6 heteroatoms.